The third kappa shape index (κ3) is 2.08. The van der Waals surface area contributed by atoms with Crippen LogP contribution in [0.1, 0.15) is 35.0 Å². The smallest absolute Gasteiger partial charge is 0.213 e. The maximum absolute atomic E-state index is 4.72. The maximum Gasteiger partial charge on any atom is 0.213 e. The van der Waals surface area contributed by atoms with Gasteiger partial charge in [-0.15, -0.1) is 0 Å². The number of hydrogen-bond donors (Lipinski definition) is 1. The van der Waals surface area contributed by atoms with Gasteiger partial charge in [0.1, 0.15) is 0 Å². The quantitative estimate of drug-likeness (QED) is 0.876. The Bertz CT molecular complexity index is 507. The van der Waals surface area contributed by atoms with E-state index in [-0.39, 0.29) is 0 Å². The van der Waals surface area contributed by atoms with Crippen molar-refractivity contribution in [3.05, 3.63) is 47.1 Å². The number of fused-ring (bicyclic) bond motifs is 1. The van der Waals surface area contributed by atoms with Crippen LogP contribution in [0.2, 0.25) is 0 Å². The lowest BCUT2D eigenvalue weighted by atomic mass is 10.1. The van der Waals surface area contributed by atoms with Crippen molar-refractivity contribution in [3.8, 4) is 0 Å². The lowest BCUT2D eigenvalue weighted by molar-refractivity contribution is 0.403. The van der Waals surface area contributed by atoms with Gasteiger partial charge in [-0.2, -0.15) is 4.98 Å². The molecule has 0 bridgehead atoms. The van der Waals surface area contributed by atoms with Crippen LogP contribution in [0, 0.1) is 6.92 Å². The molecule has 1 N–H and O–H groups in total. The fourth-order valence-corrected chi connectivity index (χ4v) is 2.42. The first-order chi connectivity index (χ1) is 8.33. The summed E-state index contributed by atoms with van der Waals surface area (Å²) in [5.41, 5.74) is 4.20. The molecular weight excluding hydrogens is 214 g/mol. The van der Waals surface area contributed by atoms with Gasteiger partial charge < -0.3 is 9.84 Å². The van der Waals surface area contributed by atoms with Crippen LogP contribution in [-0.4, -0.2) is 10.1 Å². The predicted octanol–water partition coefficient (Wildman–Crippen LogP) is 2.16. The summed E-state index contributed by atoms with van der Waals surface area (Å²) in [7, 11) is 0. The zero-order valence-electron chi connectivity index (χ0n) is 9.81. The lowest BCUT2D eigenvalue weighted by Crippen LogP contribution is -2.19. The Hall–Kier alpha value is -1.68. The molecule has 0 saturated carbocycles. The van der Waals surface area contributed by atoms with E-state index >= 15 is 0 Å². The fraction of sp³-hybridized carbons (Fsp3) is 0.385. The molecule has 0 amide bonds. The van der Waals surface area contributed by atoms with Crippen LogP contribution in [0.25, 0.3) is 0 Å². The summed E-state index contributed by atoms with van der Waals surface area (Å²) < 4.78 is 4.72. The highest BCUT2D eigenvalue weighted by atomic mass is 16.5. The van der Waals surface area contributed by atoms with Crippen LogP contribution in [0.4, 0.5) is 0 Å². The lowest BCUT2D eigenvalue weighted by Gasteiger charge is -2.12. The predicted molar refractivity (Wildman–Crippen MR) is 63.4 cm³/mol. The van der Waals surface area contributed by atoms with E-state index in [1.54, 1.807) is 0 Å². The monoisotopic (exact) mass is 229 g/mol. The van der Waals surface area contributed by atoms with Crippen LogP contribution in [0.15, 0.2) is 29.1 Å². The Morgan fingerprint density at radius 2 is 2.41 bits per heavy atom. The molecule has 3 rings (SSSR count). The van der Waals surface area contributed by atoms with E-state index in [1.165, 1.54) is 23.1 Å². The molecule has 2 aromatic rings. The van der Waals surface area contributed by atoms with Crippen LogP contribution in [-0.2, 0) is 13.0 Å². The van der Waals surface area contributed by atoms with Crippen LogP contribution in [0.5, 0.6) is 0 Å². The number of aryl methyl sites for hydroxylation is 2. The van der Waals surface area contributed by atoms with E-state index in [2.05, 4.69) is 40.6 Å². The maximum atomic E-state index is 4.72. The summed E-state index contributed by atoms with van der Waals surface area (Å²) in [6, 6.07) is 7.11. The normalized spacial score (nSPS) is 18.3. The second-order valence-corrected chi connectivity index (χ2v) is 4.52. The van der Waals surface area contributed by atoms with E-state index < -0.39 is 0 Å². The molecule has 1 aromatic carbocycles. The third-order valence-electron chi connectivity index (χ3n) is 3.29. The summed E-state index contributed by atoms with van der Waals surface area (Å²) in [5, 5.41) is 7.28. The molecule has 88 valence electrons. The molecule has 4 heteroatoms. The van der Waals surface area contributed by atoms with E-state index in [4.69, 9.17) is 4.52 Å². The van der Waals surface area contributed by atoms with Crippen LogP contribution >= 0.6 is 0 Å². The van der Waals surface area contributed by atoms with Gasteiger partial charge in [-0.25, -0.2) is 0 Å². The van der Waals surface area contributed by atoms with Gasteiger partial charge in [0.2, 0.25) is 6.39 Å². The molecule has 1 aliphatic rings. The Labute approximate surface area is 100 Å². The minimum absolute atomic E-state index is 0.420. The van der Waals surface area contributed by atoms with Gasteiger partial charge in [0.25, 0.3) is 0 Å². The SMILES string of the molecule is Cc1ccc2c(c1)C(NCc1ncon1)CC2. The Morgan fingerprint density at radius 3 is 3.24 bits per heavy atom. The molecule has 0 spiro atoms. The molecule has 17 heavy (non-hydrogen) atoms. The molecule has 1 aliphatic carbocycles. The van der Waals surface area contributed by atoms with Gasteiger partial charge in [-0.3, -0.25) is 0 Å². The van der Waals surface area contributed by atoms with Gasteiger partial charge in [-0.05, 0) is 30.9 Å². The standard InChI is InChI=1S/C13H15N3O/c1-9-2-3-10-4-5-12(11(10)6-9)14-7-13-15-8-17-16-13/h2-3,6,8,12,14H,4-5,7H2,1H3. The van der Waals surface area contributed by atoms with Crippen molar-refractivity contribution in [1.82, 2.24) is 15.5 Å². The molecule has 0 radical (unpaired) electrons. The molecule has 1 atom stereocenters. The molecule has 0 aliphatic heterocycles. The minimum Gasteiger partial charge on any atom is -0.343 e. The van der Waals surface area contributed by atoms with Crippen molar-refractivity contribution in [1.29, 1.82) is 0 Å². The van der Waals surface area contributed by atoms with E-state index in [9.17, 15) is 0 Å². The average molecular weight is 229 g/mol. The summed E-state index contributed by atoms with van der Waals surface area (Å²) in [5.74, 6) is 0.714. The summed E-state index contributed by atoms with van der Waals surface area (Å²) in [6.07, 6.45) is 3.67. The number of nitrogens with zero attached hydrogens (tertiary/aromatic N) is 2. The second-order valence-electron chi connectivity index (χ2n) is 4.52. The zero-order valence-corrected chi connectivity index (χ0v) is 9.81. The zero-order chi connectivity index (χ0) is 11.7. The van der Waals surface area contributed by atoms with Crippen molar-refractivity contribution < 1.29 is 4.52 Å². The Balaban J connectivity index is 1.73. The minimum atomic E-state index is 0.420. The summed E-state index contributed by atoms with van der Waals surface area (Å²) >= 11 is 0. The van der Waals surface area contributed by atoms with Crippen molar-refractivity contribution in [2.24, 2.45) is 0 Å². The highest BCUT2D eigenvalue weighted by Gasteiger charge is 2.22. The highest BCUT2D eigenvalue weighted by Crippen LogP contribution is 2.31. The number of rotatable bonds is 3. The first-order valence-corrected chi connectivity index (χ1v) is 5.91. The molecule has 1 heterocycles. The molecular formula is C13H15N3O. The average Bonchev–Trinajstić information content (AvgIpc) is 2.94. The summed E-state index contributed by atoms with van der Waals surface area (Å²) in [6.45, 7) is 2.80. The van der Waals surface area contributed by atoms with Gasteiger partial charge >= 0.3 is 0 Å². The topological polar surface area (TPSA) is 51.0 Å². The van der Waals surface area contributed by atoms with E-state index in [0.29, 0.717) is 18.4 Å². The van der Waals surface area contributed by atoms with Crippen molar-refractivity contribution in [3.63, 3.8) is 0 Å². The number of benzene rings is 1. The highest BCUT2D eigenvalue weighted by molar-refractivity contribution is 5.37. The molecule has 4 nitrogen and oxygen atoms in total. The summed E-state index contributed by atoms with van der Waals surface area (Å²) in [4.78, 5) is 4.01. The van der Waals surface area contributed by atoms with Gasteiger partial charge in [0.15, 0.2) is 5.82 Å². The Morgan fingerprint density at radius 1 is 1.47 bits per heavy atom. The van der Waals surface area contributed by atoms with Gasteiger partial charge in [0.05, 0.1) is 6.54 Å². The Kier molecular flexibility index (Phi) is 2.65. The van der Waals surface area contributed by atoms with E-state index in [1.807, 2.05) is 0 Å². The number of aromatic nitrogens is 2. The molecule has 1 aromatic heterocycles. The largest absolute Gasteiger partial charge is 0.343 e. The van der Waals surface area contributed by atoms with Gasteiger partial charge in [-0.1, -0.05) is 28.9 Å². The fourth-order valence-electron chi connectivity index (χ4n) is 2.42. The molecule has 0 saturated heterocycles. The number of nitrogens with one attached hydrogen (secondary N) is 1. The first kappa shape index (κ1) is 10.5. The first-order valence-electron chi connectivity index (χ1n) is 5.91. The van der Waals surface area contributed by atoms with Crippen molar-refractivity contribution >= 4 is 0 Å². The van der Waals surface area contributed by atoms with Crippen molar-refractivity contribution in [2.75, 3.05) is 0 Å². The van der Waals surface area contributed by atoms with Gasteiger partial charge in [0, 0.05) is 6.04 Å². The van der Waals surface area contributed by atoms with Crippen LogP contribution in [0.3, 0.4) is 0 Å². The van der Waals surface area contributed by atoms with Crippen molar-refractivity contribution in [2.45, 2.75) is 32.4 Å². The van der Waals surface area contributed by atoms with Crippen LogP contribution < -0.4 is 5.32 Å². The third-order valence-corrected chi connectivity index (χ3v) is 3.29. The van der Waals surface area contributed by atoms with E-state index in [0.717, 1.165) is 12.8 Å². The number of hydrogen-bond acceptors (Lipinski definition) is 4. The molecule has 0 fully saturated rings. The molecule has 1 unspecified atom stereocenters. The second kappa shape index (κ2) is 4.30.